The Labute approximate surface area is 179 Å². The van der Waals surface area contributed by atoms with Crippen LogP contribution >= 0.6 is 0 Å². The van der Waals surface area contributed by atoms with Crippen LogP contribution in [0.25, 0.3) is 0 Å². The van der Waals surface area contributed by atoms with Crippen LogP contribution in [0.15, 0.2) is 18.2 Å². The molecule has 1 aromatic carbocycles. The van der Waals surface area contributed by atoms with Crippen LogP contribution in [-0.4, -0.2) is 62.5 Å². The van der Waals surface area contributed by atoms with Gasteiger partial charge in [-0.05, 0) is 48.4 Å². The second kappa shape index (κ2) is 10.3. The lowest BCUT2D eigenvalue weighted by molar-refractivity contribution is -0.154. The molecule has 0 saturated carbocycles. The molecule has 1 saturated heterocycles. The van der Waals surface area contributed by atoms with Crippen molar-refractivity contribution in [3.05, 3.63) is 29.3 Å². The standard InChI is InChI=1S/C22H33NO6S/c1-15(2)11-23(18-8-9-30(26,27)14-18)21(24)12-29-22(25)13-28-19-6-7-20(16(3)4)17(5)10-19/h6-7,10,15-16,18H,8-9,11-14H2,1-5H3. The Balaban J connectivity index is 1.87. The fourth-order valence-corrected chi connectivity index (χ4v) is 5.39. The largest absolute Gasteiger partial charge is 0.482 e. The zero-order valence-corrected chi connectivity index (χ0v) is 19.3. The van der Waals surface area contributed by atoms with Crippen molar-refractivity contribution in [1.29, 1.82) is 0 Å². The van der Waals surface area contributed by atoms with Crippen molar-refractivity contribution in [2.75, 3.05) is 31.3 Å². The third kappa shape index (κ3) is 7.00. The lowest BCUT2D eigenvalue weighted by atomic mass is 9.98. The molecule has 168 valence electrons. The summed E-state index contributed by atoms with van der Waals surface area (Å²) in [5.74, 6) is 0.176. The van der Waals surface area contributed by atoms with Gasteiger partial charge in [0.25, 0.3) is 5.91 Å². The lowest BCUT2D eigenvalue weighted by Gasteiger charge is -2.29. The molecule has 1 aliphatic heterocycles. The maximum absolute atomic E-state index is 12.6. The Bertz CT molecular complexity index is 862. The summed E-state index contributed by atoms with van der Waals surface area (Å²) in [7, 11) is -3.11. The Morgan fingerprint density at radius 1 is 1.17 bits per heavy atom. The molecule has 1 aliphatic rings. The summed E-state index contributed by atoms with van der Waals surface area (Å²) in [6.07, 6.45) is 0.420. The van der Waals surface area contributed by atoms with Crippen molar-refractivity contribution in [2.24, 2.45) is 5.92 Å². The van der Waals surface area contributed by atoms with Crippen LogP contribution in [-0.2, 0) is 24.2 Å². The predicted octanol–water partition coefficient (Wildman–Crippen LogP) is 2.71. The highest BCUT2D eigenvalue weighted by molar-refractivity contribution is 7.91. The predicted molar refractivity (Wildman–Crippen MR) is 115 cm³/mol. The van der Waals surface area contributed by atoms with E-state index in [1.807, 2.05) is 39.0 Å². The molecule has 2 rings (SSSR count). The fourth-order valence-electron chi connectivity index (χ4n) is 3.66. The topological polar surface area (TPSA) is 90.0 Å². The van der Waals surface area contributed by atoms with Crippen LogP contribution in [0.3, 0.4) is 0 Å². The van der Waals surface area contributed by atoms with Crippen molar-refractivity contribution >= 4 is 21.7 Å². The molecule has 30 heavy (non-hydrogen) atoms. The molecule has 0 N–H and O–H groups in total. The Hall–Kier alpha value is -2.09. The van der Waals surface area contributed by atoms with Gasteiger partial charge in [-0.3, -0.25) is 4.79 Å². The molecular weight excluding hydrogens is 406 g/mol. The van der Waals surface area contributed by atoms with E-state index in [2.05, 4.69) is 13.8 Å². The van der Waals surface area contributed by atoms with E-state index in [0.29, 0.717) is 24.6 Å². The summed E-state index contributed by atoms with van der Waals surface area (Å²) in [4.78, 5) is 26.2. The van der Waals surface area contributed by atoms with Gasteiger partial charge in [0.15, 0.2) is 23.1 Å². The van der Waals surface area contributed by atoms with Gasteiger partial charge in [-0.25, -0.2) is 13.2 Å². The van der Waals surface area contributed by atoms with E-state index >= 15 is 0 Å². The normalized spacial score (nSPS) is 17.9. The monoisotopic (exact) mass is 439 g/mol. The first-order chi connectivity index (χ1) is 14.0. The number of hydrogen-bond donors (Lipinski definition) is 0. The van der Waals surface area contributed by atoms with Crippen molar-refractivity contribution < 1.29 is 27.5 Å². The number of amides is 1. The number of esters is 1. The van der Waals surface area contributed by atoms with Gasteiger partial charge in [0.05, 0.1) is 11.5 Å². The first-order valence-corrected chi connectivity index (χ1v) is 12.2. The van der Waals surface area contributed by atoms with Crippen LogP contribution < -0.4 is 4.74 Å². The van der Waals surface area contributed by atoms with Crippen molar-refractivity contribution in [3.63, 3.8) is 0 Å². The van der Waals surface area contributed by atoms with E-state index in [-0.39, 0.29) is 36.0 Å². The highest BCUT2D eigenvalue weighted by atomic mass is 32.2. The van der Waals surface area contributed by atoms with Crippen LogP contribution in [0.4, 0.5) is 0 Å². The number of nitrogens with zero attached hydrogens (tertiary/aromatic N) is 1. The molecule has 1 unspecified atom stereocenters. The van der Waals surface area contributed by atoms with Gasteiger partial charge in [-0.2, -0.15) is 0 Å². The first-order valence-electron chi connectivity index (χ1n) is 10.4. The molecule has 1 atom stereocenters. The number of carbonyl (C=O) groups excluding carboxylic acids is 2. The molecule has 8 heteroatoms. The van der Waals surface area contributed by atoms with Crippen molar-refractivity contribution in [3.8, 4) is 5.75 Å². The number of rotatable bonds is 9. The Morgan fingerprint density at radius 2 is 1.87 bits per heavy atom. The molecular formula is C22H33NO6S. The number of carbonyl (C=O) groups is 2. The van der Waals surface area contributed by atoms with Crippen LogP contribution in [0.1, 0.15) is 51.2 Å². The molecule has 1 amide bonds. The van der Waals surface area contributed by atoms with Gasteiger partial charge in [-0.15, -0.1) is 0 Å². The third-order valence-electron chi connectivity index (χ3n) is 5.11. The fraction of sp³-hybridized carbons (Fsp3) is 0.636. The van der Waals surface area contributed by atoms with E-state index in [9.17, 15) is 18.0 Å². The number of benzene rings is 1. The van der Waals surface area contributed by atoms with E-state index in [1.54, 1.807) is 0 Å². The van der Waals surface area contributed by atoms with Gasteiger partial charge in [-0.1, -0.05) is 33.8 Å². The minimum Gasteiger partial charge on any atom is -0.482 e. The van der Waals surface area contributed by atoms with Gasteiger partial charge < -0.3 is 14.4 Å². The second-order valence-electron chi connectivity index (χ2n) is 8.62. The molecule has 0 aromatic heterocycles. The number of aryl methyl sites for hydroxylation is 1. The SMILES string of the molecule is Cc1cc(OCC(=O)OCC(=O)N(CC(C)C)C2CCS(=O)(=O)C2)ccc1C(C)C. The van der Waals surface area contributed by atoms with Crippen molar-refractivity contribution in [2.45, 2.75) is 53.0 Å². The summed E-state index contributed by atoms with van der Waals surface area (Å²) < 4.78 is 34.1. The smallest absolute Gasteiger partial charge is 0.344 e. The molecule has 0 radical (unpaired) electrons. The summed E-state index contributed by atoms with van der Waals surface area (Å²) in [6, 6.07) is 5.30. The maximum Gasteiger partial charge on any atom is 0.344 e. The van der Waals surface area contributed by atoms with E-state index in [0.717, 1.165) is 5.56 Å². The number of ether oxygens (including phenoxy) is 2. The van der Waals surface area contributed by atoms with Gasteiger partial charge in [0.1, 0.15) is 5.75 Å². The summed E-state index contributed by atoms with van der Waals surface area (Å²) in [5.41, 5.74) is 2.30. The van der Waals surface area contributed by atoms with Gasteiger partial charge in [0, 0.05) is 12.6 Å². The summed E-state index contributed by atoms with van der Waals surface area (Å²) >= 11 is 0. The average molecular weight is 440 g/mol. The summed E-state index contributed by atoms with van der Waals surface area (Å²) in [5, 5.41) is 0. The molecule has 0 aliphatic carbocycles. The molecule has 0 bridgehead atoms. The molecule has 7 nitrogen and oxygen atoms in total. The maximum atomic E-state index is 12.6. The minimum atomic E-state index is -3.11. The van der Waals surface area contributed by atoms with Crippen LogP contribution in [0, 0.1) is 12.8 Å². The Morgan fingerprint density at radius 3 is 2.40 bits per heavy atom. The zero-order valence-electron chi connectivity index (χ0n) is 18.5. The highest BCUT2D eigenvalue weighted by Gasteiger charge is 2.35. The Kier molecular flexibility index (Phi) is 8.29. The van der Waals surface area contributed by atoms with E-state index in [1.165, 1.54) is 10.5 Å². The van der Waals surface area contributed by atoms with E-state index in [4.69, 9.17) is 9.47 Å². The van der Waals surface area contributed by atoms with Crippen molar-refractivity contribution in [1.82, 2.24) is 4.90 Å². The highest BCUT2D eigenvalue weighted by Crippen LogP contribution is 2.23. The third-order valence-corrected chi connectivity index (χ3v) is 6.86. The molecule has 1 fully saturated rings. The van der Waals surface area contributed by atoms with Gasteiger partial charge >= 0.3 is 5.97 Å². The average Bonchev–Trinajstić information content (AvgIpc) is 3.01. The lowest BCUT2D eigenvalue weighted by Crippen LogP contribution is -2.45. The molecule has 1 aromatic rings. The van der Waals surface area contributed by atoms with Gasteiger partial charge in [0.2, 0.25) is 0 Å². The zero-order chi connectivity index (χ0) is 22.5. The molecule has 0 spiro atoms. The number of hydrogen-bond acceptors (Lipinski definition) is 6. The number of sulfone groups is 1. The second-order valence-corrected chi connectivity index (χ2v) is 10.8. The van der Waals surface area contributed by atoms with Crippen LogP contribution in [0.5, 0.6) is 5.75 Å². The van der Waals surface area contributed by atoms with E-state index < -0.39 is 22.4 Å². The summed E-state index contributed by atoms with van der Waals surface area (Å²) in [6.45, 7) is 9.83. The first kappa shape index (κ1) is 24.2. The quantitative estimate of drug-likeness (QED) is 0.550. The van der Waals surface area contributed by atoms with Crippen LogP contribution in [0.2, 0.25) is 0 Å². The molecule has 1 heterocycles. The minimum absolute atomic E-state index is 0.0335.